The molecule has 16 heavy (non-hydrogen) atoms. The van der Waals surface area contributed by atoms with Crippen LogP contribution in [0.25, 0.3) is 0 Å². The Bertz CT molecular complexity index is 379. The molecule has 0 aliphatic heterocycles. The molecule has 3 saturated carbocycles. The molecule has 0 aromatic heterocycles. The van der Waals surface area contributed by atoms with Crippen molar-refractivity contribution in [3.8, 4) is 0 Å². The average molecular weight is 218 g/mol. The van der Waals surface area contributed by atoms with E-state index >= 15 is 0 Å². The lowest BCUT2D eigenvalue weighted by atomic mass is 9.46. The summed E-state index contributed by atoms with van der Waals surface area (Å²) in [6, 6.07) is 0. The molecule has 3 aliphatic rings. The van der Waals surface area contributed by atoms with E-state index in [1.165, 1.54) is 18.4 Å². The summed E-state index contributed by atoms with van der Waals surface area (Å²) in [4.78, 5) is 11.8. The number of rotatable bonds is 0. The minimum atomic E-state index is 0.211. The minimum Gasteiger partial charge on any atom is -0.299 e. The van der Waals surface area contributed by atoms with Gasteiger partial charge in [-0.2, -0.15) is 0 Å². The zero-order chi connectivity index (χ0) is 11.7. The molecule has 0 spiro atoms. The van der Waals surface area contributed by atoms with E-state index in [9.17, 15) is 4.79 Å². The number of hydrogen-bond acceptors (Lipinski definition) is 1. The lowest BCUT2D eigenvalue weighted by Crippen LogP contribution is -2.55. The number of allylic oxidation sites excluding steroid dienone is 1. The van der Waals surface area contributed by atoms with Crippen molar-refractivity contribution in [2.24, 2.45) is 28.6 Å². The maximum Gasteiger partial charge on any atom is 0.141 e. The van der Waals surface area contributed by atoms with Gasteiger partial charge in [0, 0.05) is 12.3 Å². The number of carbonyl (C=O) groups excluding carboxylic acids is 1. The molecule has 3 rings (SSSR count). The standard InChI is InChI=1S/C15H22O/c1-9-5-10-6-14(2,3)7-11(10)15(4)8-12(16)13(9)15/h10-11,13H,1,5-8H2,2-4H3/t10-,11+,13+,15+/m0/s1. The molecule has 3 fully saturated rings. The summed E-state index contributed by atoms with van der Waals surface area (Å²) in [5.74, 6) is 2.24. The van der Waals surface area contributed by atoms with Crippen molar-refractivity contribution in [3.63, 3.8) is 0 Å². The summed E-state index contributed by atoms with van der Waals surface area (Å²) in [6.07, 6.45) is 4.56. The van der Waals surface area contributed by atoms with Gasteiger partial charge in [-0.05, 0) is 41.9 Å². The van der Waals surface area contributed by atoms with Gasteiger partial charge in [0.1, 0.15) is 5.78 Å². The van der Waals surface area contributed by atoms with Gasteiger partial charge in [0.05, 0.1) is 0 Å². The predicted molar refractivity (Wildman–Crippen MR) is 65.0 cm³/mol. The molecule has 0 aromatic rings. The van der Waals surface area contributed by atoms with Gasteiger partial charge in [0.2, 0.25) is 0 Å². The Kier molecular flexibility index (Phi) is 1.85. The molecule has 1 heteroatoms. The second kappa shape index (κ2) is 2.80. The lowest BCUT2D eigenvalue weighted by Gasteiger charge is -2.56. The van der Waals surface area contributed by atoms with Crippen LogP contribution in [-0.4, -0.2) is 5.78 Å². The summed E-state index contributed by atoms with van der Waals surface area (Å²) >= 11 is 0. The van der Waals surface area contributed by atoms with Crippen LogP contribution in [0.2, 0.25) is 0 Å². The Morgan fingerprint density at radius 2 is 1.94 bits per heavy atom. The average Bonchev–Trinajstić information content (AvgIpc) is 2.38. The van der Waals surface area contributed by atoms with Crippen LogP contribution in [-0.2, 0) is 4.79 Å². The Hall–Kier alpha value is -0.590. The van der Waals surface area contributed by atoms with Gasteiger partial charge >= 0.3 is 0 Å². The van der Waals surface area contributed by atoms with E-state index in [0.29, 0.717) is 11.2 Å². The molecule has 0 saturated heterocycles. The largest absolute Gasteiger partial charge is 0.299 e. The SMILES string of the molecule is C=C1C[C@H]2CC(C)(C)C[C@H]2[C@@]2(C)CC(=O)[C@@H]12. The van der Waals surface area contributed by atoms with Crippen molar-refractivity contribution in [1.29, 1.82) is 0 Å². The normalized spacial score (nSPS) is 49.6. The lowest BCUT2D eigenvalue weighted by molar-refractivity contribution is -0.148. The van der Waals surface area contributed by atoms with E-state index in [0.717, 1.165) is 24.7 Å². The maximum absolute atomic E-state index is 11.8. The Balaban J connectivity index is 1.96. The van der Waals surface area contributed by atoms with Crippen LogP contribution in [0, 0.1) is 28.6 Å². The zero-order valence-corrected chi connectivity index (χ0v) is 10.7. The van der Waals surface area contributed by atoms with Crippen LogP contribution in [0.1, 0.15) is 46.5 Å². The molecule has 88 valence electrons. The van der Waals surface area contributed by atoms with E-state index in [2.05, 4.69) is 27.4 Å². The molecule has 0 heterocycles. The smallest absolute Gasteiger partial charge is 0.141 e. The molecule has 4 atom stereocenters. The van der Waals surface area contributed by atoms with E-state index in [-0.39, 0.29) is 11.3 Å². The number of Topliss-reactive ketones (excluding diaryl/α,β-unsaturated/α-hetero) is 1. The van der Waals surface area contributed by atoms with Crippen LogP contribution in [0.15, 0.2) is 12.2 Å². The third kappa shape index (κ3) is 1.15. The first-order valence-electron chi connectivity index (χ1n) is 6.54. The summed E-state index contributed by atoms with van der Waals surface area (Å²) < 4.78 is 0. The first kappa shape index (κ1) is 10.6. The highest BCUT2D eigenvalue weighted by molar-refractivity contribution is 5.92. The first-order valence-corrected chi connectivity index (χ1v) is 6.54. The van der Waals surface area contributed by atoms with Crippen LogP contribution in [0.4, 0.5) is 0 Å². The maximum atomic E-state index is 11.8. The third-order valence-corrected chi connectivity index (χ3v) is 5.47. The molecule has 0 bridgehead atoms. The Labute approximate surface area is 98.3 Å². The van der Waals surface area contributed by atoms with Crippen molar-refractivity contribution >= 4 is 5.78 Å². The van der Waals surface area contributed by atoms with Crippen molar-refractivity contribution in [2.45, 2.75) is 46.5 Å². The molecular formula is C15H22O. The van der Waals surface area contributed by atoms with Gasteiger partial charge < -0.3 is 0 Å². The molecule has 0 radical (unpaired) electrons. The van der Waals surface area contributed by atoms with Crippen molar-refractivity contribution in [3.05, 3.63) is 12.2 Å². The monoisotopic (exact) mass is 218 g/mol. The number of carbonyl (C=O) groups is 1. The summed E-state index contributed by atoms with van der Waals surface area (Å²) in [6.45, 7) is 11.3. The van der Waals surface area contributed by atoms with E-state index in [4.69, 9.17) is 0 Å². The molecule has 0 aromatic carbocycles. The third-order valence-electron chi connectivity index (χ3n) is 5.47. The Morgan fingerprint density at radius 1 is 1.25 bits per heavy atom. The topological polar surface area (TPSA) is 17.1 Å². The highest BCUT2D eigenvalue weighted by Crippen LogP contribution is 2.66. The fourth-order valence-electron chi connectivity index (χ4n) is 4.99. The van der Waals surface area contributed by atoms with E-state index in [1.54, 1.807) is 0 Å². The molecule has 0 amide bonds. The second-order valence-electron chi connectivity index (χ2n) is 7.38. The van der Waals surface area contributed by atoms with E-state index in [1.807, 2.05) is 0 Å². The molecule has 0 N–H and O–H groups in total. The van der Waals surface area contributed by atoms with Gasteiger partial charge in [0.25, 0.3) is 0 Å². The zero-order valence-electron chi connectivity index (χ0n) is 10.7. The van der Waals surface area contributed by atoms with Gasteiger partial charge in [-0.15, -0.1) is 0 Å². The van der Waals surface area contributed by atoms with Crippen molar-refractivity contribution in [2.75, 3.05) is 0 Å². The Morgan fingerprint density at radius 3 is 2.56 bits per heavy atom. The summed E-state index contributed by atoms with van der Waals surface area (Å²) in [5, 5.41) is 0. The number of hydrogen-bond donors (Lipinski definition) is 0. The molecular weight excluding hydrogens is 196 g/mol. The fraction of sp³-hybridized carbons (Fsp3) is 0.800. The highest BCUT2D eigenvalue weighted by Gasteiger charge is 2.62. The predicted octanol–water partition coefficient (Wildman–Crippen LogP) is 3.59. The quantitative estimate of drug-likeness (QED) is 0.568. The number of ketones is 1. The highest BCUT2D eigenvalue weighted by atomic mass is 16.1. The van der Waals surface area contributed by atoms with Crippen LogP contribution >= 0.6 is 0 Å². The van der Waals surface area contributed by atoms with Gasteiger partial charge in [-0.3, -0.25) is 4.79 Å². The summed E-state index contributed by atoms with van der Waals surface area (Å²) in [7, 11) is 0. The van der Waals surface area contributed by atoms with Crippen LogP contribution < -0.4 is 0 Å². The van der Waals surface area contributed by atoms with Gasteiger partial charge in [-0.1, -0.05) is 32.9 Å². The molecule has 1 nitrogen and oxygen atoms in total. The fourth-order valence-corrected chi connectivity index (χ4v) is 4.99. The van der Waals surface area contributed by atoms with E-state index < -0.39 is 0 Å². The van der Waals surface area contributed by atoms with Gasteiger partial charge in [0.15, 0.2) is 0 Å². The van der Waals surface area contributed by atoms with Gasteiger partial charge in [-0.25, -0.2) is 0 Å². The second-order valence-corrected chi connectivity index (χ2v) is 7.38. The van der Waals surface area contributed by atoms with Crippen LogP contribution in [0.5, 0.6) is 0 Å². The summed E-state index contributed by atoms with van der Waals surface area (Å²) in [5.41, 5.74) is 1.98. The van der Waals surface area contributed by atoms with Crippen molar-refractivity contribution in [1.82, 2.24) is 0 Å². The van der Waals surface area contributed by atoms with Crippen LogP contribution in [0.3, 0.4) is 0 Å². The molecule has 0 unspecified atom stereocenters. The number of fused-ring (bicyclic) bond motifs is 3. The molecule has 3 aliphatic carbocycles. The minimum absolute atomic E-state index is 0.211. The first-order chi connectivity index (χ1) is 7.33. The van der Waals surface area contributed by atoms with Crippen molar-refractivity contribution < 1.29 is 4.79 Å².